The summed E-state index contributed by atoms with van der Waals surface area (Å²) in [6.07, 6.45) is 5.86. The second kappa shape index (κ2) is 5.99. The molecule has 1 atom stereocenters. The number of amides is 1. The average molecular weight is 273 g/mol. The van der Waals surface area contributed by atoms with Crippen LogP contribution in [-0.4, -0.2) is 5.91 Å². The van der Waals surface area contributed by atoms with Gasteiger partial charge >= 0.3 is 0 Å². The summed E-state index contributed by atoms with van der Waals surface area (Å²) < 4.78 is 0. The lowest BCUT2D eigenvalue weighted by Gasteiger charge is -2.20. The molecule has 0 radical (unpaired) electrons. The highest BCUT2D eigenvalue weighted by Crippen LogP contribution is 2.38. The third-order valence-electron chi connectivity index (χ3n) is 4.21. The lowest BCUT2D eigenvalue weighted by atomic mass is 9.84. The molecule has 1 aromatic rings. The van der Waals surface area contributed by atoms with Gasteiger partial charge in [-0.15, -0.1) is 0 Å². The Labute approximate surface area is 123 Å². The van der Waals surface area contributed by atoms with Crippen molar-refractivity contribution in [2.45, 2.75) is 71.1 Å². The van der Waals surface area contributed by atoms with Crippen LogP contribution in [0.5, 0.6) is 0 Å². The predicted molar refractivity (Wildman–Crippen MR) is 85.3 cm³/mol. The topological polar surface area (TPSA) is 29.1 Å². The van der Waals surface area contributed by atoms with Crippen LogP contribution < -0.4 is 5.32 Å². The van der Waals surface area contributed by atoms with Crippen molar-refractivity contribution in [3.05, 3.63) is 29.3 Å². The highest BCUT2D eigenvalue weighted by atomic mass is 16.2. The molecule has 2 rings (SSSR count). The van der Waals surface area contributed by atoms with Gasteiger partial charge in [0, 0.05) is 5.69 Å². The van der Waals surface area contributed by atoms with E-state index in [9.17, 15) is 4.79 Å². The van der Waals surface area contributed by atoms with Crippen molar-refractivity contribution in [1.29, 1.82) is 0 Å². The van der Waals surface area contributed by atoms with E-state index < -0.39 is 0 Å². The van der Waals surface area contributed by atoms with Crippen LogP contribution in [0.15, 0.2) is 18.2 Å². The number of unbranched alkanes of at least 4 members (excludes halogenated alkanes) is 3. The summed E-state index contributed by atoms with van der Waals surface area (Å²) in [7, 11) is 0. The molecular weight excluding hydrogens is 246 g/mol. The molecule has 1 amide bonds. The van der Waals surface area contributed by atoms with E-state index >= 15 is 0 Å². The van der Waals surface area contributed by atoms with Crippen LogP contribution in [0.4, 0.5) is 5.69 Å². The minimum absolute atomic E-state index is 0.0594. The van der Waals surface area contributed by atoms with Crippen LogP contribution in [0.2, 0.25) is 0 Å². The molecule has 0 fully saturated rings. The SMILES string of the molecule is CCCCCCC1C(=O)Nc2ccc(C(C)(C)C)cc21. The minimum Gasteiger partial charge on any atom is -0.325 e. The van der Waals surface area contributed by atoms with Crippen LogP contribution in [0.1, 0.15) is 76.8 Å². The normalized spacial score (nSPS) is 18.0. The van der Waals surface area contributed by atoms with Gasteiger partial charge in [0.05, 0.1) is 5.92 Å². The minimum atomic E-state index is 0.0594. The summed E-state index contributed by atoms with van der Waals surface area (Å²) in [5.74, 6) is 0.242. The fourth-order valence-corrected chi connectivity index (χ4v) is 2.85. The zero-order valence-corrected chi connectivity index (χ0v) is 13.3. The molecule has 1 heterocycles. The van der Waals surface area contributed by atoms with Gasteiger partial charge in [-0.05, 0) is 29.0 Å². The van der Waals surface area contributed by atoms with Crippen molar-refractivity contribution in [2.75, 3.05) is 5.32 Å². The van der Waals surface area contributed by atoms with E-state index in [0.717, 1.165) is 18.5 Å². The molecule has 110 valence electrons. The van der Waals surface area contributed by atoms with E-state index in [1.807, 2.05) is 0 Å². The molecule has 1 aliphatic heterocycles. The zero-order chi connectivity index (χ0) is 14.8. The van der Waals surface area contributed by atoms with Crippen molar-refractivity contribution in [2.24, 2.45) is 0 Å². The molecule has 0 saturated carbocycles. The first kappa shape index (κ1) is 15.1. The van der Waals surface area contributed by atoms with Crippen LogP contribution in [0.3, 0.4) is 0 Å². The standard InChI is InChI=1S/C18H27NO/c1-5-6-7-8-9-14-15-12-13(18(2,3)4)10-11-16(15)19-17(14)20/h10-12,14H,5-9H2,1-4H3,(H,19,20). The van der Waals surface area contributed by atoms with Gasteiger partial charge in [-0.25, -0.2) is 0 Å². The molecule has 20 heavy (non-hydrogen) atoms. The molecule has 0 saturated heterocycles. The molecule has 0 aliphatic carbocycles. The van der Waals surface area contributed by atoms with Gasteiger partial charge in [-0.3, -0.25) is 4.79 Å². The lowest BCUT2D eigenvalue weighted by Crippen LogP contribution is -2.13. The lowest BCUT2D eigenvalue weighted by molar-refractivity contribution is -0.117. The largest absolute Gasteiger partial charge is 0.325 e. The fraction of sp³-hybridized carbons (Fsp3) is 0.611. The first-order valence-electron chi connectivity index (χ1n) is 7.88. The van der Waals surface area contributed by atoms with Gasteiger partial charge in [0.25, 0.3) is 0 Å². The van der Waals surface area contributed by atoms with E-state index in [1.165, 1.54) is 30.4 Å². The number of benzene rings is 1. The zero-order valence-electron chi connectivity index (χ0n) is 13.3. The van der Waals surface area contributed by atoms with Gasteiger partial charge in [0.15, 0.2) is 0 Å². The number of hydrogen-bond acceptors (Lipinski definition) is 1. The number of nitrogens with one attached hydrogen (secondary N) is 1. The van der Waals surface area contributed by atoms with Crippen molar-refractivity contribution < 1.29 is 4.79 Å². The van der Waals surface area contributed by atoms with Crippen LogP contribution >= 0.6 is 0 Å². The maximum Gasteiger partial charge on any atom is 0.232 e. The number of carbonyl (C=O) groups is 1. The van der Waals surface area contributed by atoms with Crippen molar-refractivity contribution in [1.82, 2.24) is 0 Å². The first-order valence-corrected chi connectivity index (χ1v) is 7.88. The highest BCUT2D eigenvalue weighted by Gasteiger charge is 2.31. The highest BCUT2D eigenvalue weighted by molar-refractivity contribution is 6.02. The van der Waals surface area contributed by atoms with Crippen LogP contribution in [0, 0.1) is 0 Å². The Morgan fingerprint density at radius 2 is 1.90 bits per heavy atom. The van der Waals surface area contributed by atoms with Crippen LogP contribution in [-0.2, 0) is 10.2 Å². The molecule has 1 aliphatic rings. The van der Waals surface area contributed by atoms with E-state index in [4.69, 9.17) is 0 Å². The van der Waals surface area contributed by atoms with Crippen molar-refractivity contribution in [3.8, 4) is 0 Å². The number of rotatable bonds is 5. The number of anilines is 1. The van der Waals surface area contributed by atoms with Gasteiger partial charge < -0.3 is 5.32 Å². The van der Waals surface area contributed by atoms with E-state index in [0.29, 0.717) is 0 Å². The Balaban J connectivity index is 2.15. The summed E-state index contributed by atoms with van der Waals surface area (Å²) in [5, 5.41) is 3.03. The van der Waals surface area contributed by atoms with Crippen molar-refractivity contribution >= 4 is 11.6 Å². The number of hydrogen-bond donors (Lipinski definition) is 1. The second-order valence-electron chi connectivity index (χ2n) is 6.94. The Bertz CT molecular complexity index is 485. The van der Waals surface area contributed by atoms with E-state index in [-0.39, 0.29) is 17.2 Å². The predicted octanol–water partition coefficient (Wildman–Crippen LogP) is 4.99. The third kappa shape index (κ3) is 3.23. The van der Waals surface area contributed by atoms with Crippen molar-refractivity contribution in [3.63, 3.8) is 0 Å². The Morgan fingerprint density at radius 1 is 1.15 bits per heavy atom. The molecule has 0 aromatic heterocycles. The first-order chi connectivity index (χ1) is 9.43. The summed E-state index contributed by atoms with van der Waals surface area (Å²) in [4.78, 5) is 12.1. The fourth-order valence-electron chi connectivity index (χ4n) is 2.85. The smallest absolute Gasteiger partial charge is 0.232 e. The summed E-state index contributed by atoms with van der Waals surface area (Å²) in [6.45, 7) is 8.87. The molecule has 1 aromatic carbocycles. The van der Waals surface area contributed by atoms with Crippen LogP contribution in [0.25, 0.3) is 0 Å². The van der Waals surface area contributed by atoms with Gasteiger partial charge in [0.1, 0.15) is 0 Å². The second-order valence-corrected chi connectivity index (χ2v) is 6.94. The Morgan fingerprint density at radius 3 is 2.55 bits per heavy atom. The van der Waals surface area contributed by atoms with Gasteiger partial charge in [-0.1, -0.05) is 65.5 Å². The molecule has 1 unspecified atom stereocenters. The van der Waals surface area contributed by atoms with Gasteiger partial charge in [0.2, 0.25) is 5.91 Å². The maximum atomic E-state index is 12.1. The molecule has 2 heteroatoms. The Hall–Kier alpha value is -1.31. The quantitative estimate of drug-likeness (QED) is 0.752. The van der Waals surface area contributed by atoms with E-state index in [2.05, 4.69) is 51.2 Å². The third-order valence-corrected chi connectivity index (χ3v) is 4.21. The monoisotopic (exact) mass is 273 g/mol. The molecule has 2 nitrogen and oxygen atoms in total. The van der Waals surface area contributed by atoms with Gasteiger partial charge in [-0.2, -0.15) is 0 Å². The number of fused-ring (bicyclic) bond motifs is 1. The Kier molecular flexibility index (Phi) is 4.52. The molecule has 1 N–H and O–H groups in total. The van der Waals surface area contributed by atoms with E-state index in [1.54, 1.807) is 0 Å². The summed E-state index contributed by atoms with van der Waals surface area (Å²) in [6, 6.07) is 6.44. The number of carbonyl (C=O) groups excluding carboxylic acids is 1. The summed E-state index contributed by atoms with van der Waals surface area (Å²) >= 11 is 0. The maximum absolute atomic E-state index is 12.1. The molecular formula is C18H27NO. The molecule has 0 bridgehead atoms. The average Bonchev–Trinajstić information content (AvgIpc) is 2.69. The molecule has 0 spiro atoms. The summed E-state index contributed by atoms with van der Waals surface area (Å²) in [5.41, 5.74) is 3.67.